The second kappa shape index (κ2) is 3.56. The van der Waals surface area contributed by atoms with E-state index < -0.39 is 0 Å². The van der Waals surface area contributed by atoms with Crippen LogP contribution in [0, 0.1) is 0 Å². The average Bonchev–Trinajstić information content (AvgIpc) is 2.74. The summed E-state index contributed by atoms with van der Waals surface area (Å²) in [5.41, 5.74) is 2.97. The van der Waals surface area contributed by atoms with Crippen LogP contribution in [0.2, 0.25) is 0 Å². The summed E-state index contributed by atoms with van der Waals surface area (Å²) in [6.45, 7) is 0.999. The van der Waals surface area contributed by atoms with Gasteiger partial charge in [0.25, 0.3) is 0 Å². The molecule has 0 fully saturated rings. The van der Waals surface area contributed by atoms with Crippen molar-refractivity contribution in [3.05, 3.63) is 36.2 Å². The molecule has 0 saturated carbocycles. The van der Waals surface area contributed by atoms with Gasteiger partial charge >= 0.3 is 0 Å². The van der Waals surface area contributed by atoms with E-state index in [0.29, 0.717) is 0 Å². The molecule has 4 nitrogen and oxygen atoms in total. The average molecular weight is 215 g/mol. The number of para-hydroxylation sites is 2. The fraction of sp³-hybridized carbons (Fsp3) is 0.250. The summed E-state index contributed by atoms with van der Waals surface area (Å²) in [5.74, 6) is 0.263. The van der Waals surface area contributed by atoms with Crippen molar-refractivity contribution in [3.63, 3.8) is 0 Å². The number of aromatic hydroxyl groups is 1. The van der Waals surface area contributed by atoms with Gasteiger partial charge in [-0.1, -0.05) is 12.1 Å². The number of benzene rings is 1. The van der Waals surface area contributed by atoms with E-state index in [1.165, 1.54) is 0 Å². The lowest BCUT2D eigenvalue weighted by Crippen LogP contribution is -2.13. The lowest BCUT2D eigenvalue weighted by Gasteiger charge is -2.16. The minimum atomic E-state index is 0.263. The third kappa shape index (κ3) is 1.34. The van der Waals surface area contributed by atoms with Gasteiger partial charge in [0, 0.05) is 6.54 Å². The predicted octanol–water partition coefficient (Wildman–Crippen LogP) is 1.94. The summed E-state index contributed by atoms with van der Waals surface area (Å²) >= 11 is 0. The highest BCUT2D eigenvalue weighted by Gasteiger charge is 2.16. The zero-order valence-corrected chi connectivity index (χ0v) is 8.85. The Bertz CT molecular complexity index is 519. The van der Waals surface area contributed by atoms with Crippen molar-refractivity contribution in [1.82, 2.24) is 9.78 Å². The number of fused-ring (bicyclic) bond motifs is 1. The van der Waals surface area contributed by atoms with Gasteiger partial charge in [0.2, 0.25) is 0 Å². The first kappa shape index (κ1) is 9.27. The lowest BCUT2D eigenvalue weighted by atomic mass is 10.1. The molecule has 82 valence electrons. The molecule has 4 heteroatoms. The van der Waals surface area contributed by atoms with E-state index in [1.807, 2.05) is 29.1 Å². The normalized spacial score (nSPS) is 14.2. The summed E-state index contributed by atoms with van der Waals surface area (Å²) in [7, 11) is 0. The molecule has 0 saturated heterocycles. The highest BCUT2D eigenvalue weighted by Crippen LogP contribution is 2.27. The first-order valence-electron chi connectivity index (χ1n) is 5.45. The molecular formula is C12H13N3O. The van der Waals surface area contributed by atoms with Gasteiger partial charge in [0.05, 0.1) is 17.6 Å². The minimum Gasteiger partial charge on any atom is -0.506 e. The van der Waals surface area contributed by atoms with E-state index in [9.17, 15) is 5.11 Å². The molecule has 1 aliphatic rings. The number of nitrogens with zero attached hydrogens (tertiary/aromatic N) is 2. The van der Waals surface area contributed by atoms with Crippen LogP contribution in [0.4, 0.5) is 5.69 Å². The zero-order valence-electron chi connectivity index (χ0n) is 8.85. The van der Waals surface area contributed by atoms with E-state index >= 15 is 0 Å². The van der Waals surface area contributed by atoms with Crippen LogP contribution in [0.25, 0.3) is 5.69 Å². The van der Waals surface area contributed by atoms with Crippen LogP contribution >= 0.6 is 0 Å². The van der Waals surface area contributed by atoms with Crippen molar-refractivity contribution in [2.75, 3.05) is 11.9 Å². The third-order valence-electron chi connectivity index (χ3n) is 2.88. The first-order valence-corrected chi connectivity index (χ1v) is 5.45. The number of hydrogen-bond acceptors (Lipinski definition) is 3. The monoisotopic (exact) mass is 215 g/mol. The standard InChI is InChI=1S/C12H13N3O/c16-12-6-2-1-4-11(12)15-10-5-3-7-13-9(10)8-14-15/h1-2,4,6,8,13,16H,3,5,7H2. The molecule has 0 bridgehead atoms. The molecule has 2 aromatic rings. The van der Waals surface area contributed by atoms with Crippen LogP contribution in [-0.2, 0) is 6.42 Å². The highest BCUT2D eigenvalue weighted by atomic mass is 16.3. The fourth-order valence-corrected chi connectivity index (χ4v) is 2.09. The SMILES string of the molecule is Oc1ccccc1-n1ncc2c1CCCN2. The van der Waals surface area contributed by atoms with E-state index in [0.717, 1.165) is 36.5 Å². The molecule has 1 aromatic carbocycles. The van der Waals surface area contributed by atoms with Gasteiger partial charge in [-0.3, -0.25) is 0 Å². The van der Waals surface area contributed by atoms with Crippen LogP contribution in [0.5, 0.6) is 5.75 Å². The van der Waals surface area contributed by atoms with E-state index in [1.54, 1.807) is 6.07 Å². The topological polar surface area (TPSA) is 50.1 Å². The van der Waals surface area contributed by atoms with E-state index in [4.69, 9.17) is 0 Å². The predicted molar refractivity (Wildman–Crippen MR) is 62.0 cm³/mol. The van der Waals surface area contributed by atoms with E-state index in [2.05, 4.69) is 10.4 Å². The van der Waals surface area contributed by atoms with Crippen LogP contribution in [-0.4, -0.2) is 21.4 Å². The molecule has 0 spiro atoms. The van der Waals surface area contributed by atoms with Crippen molar-refractivity contribution in [2.24, 2.45) is 0 Å². The minimum absolute atomic E-state index is 0.263. The van der Waals surface area contributed by atoms with Gasteiger partial charge in [-0.05, 0) is 25.0 Å². The number of phenolic OH excluding ortho intramolecular Hbond substituents is 1. The lowest BCUT2D eigenvalue weighted by molar-refractivity contribution is 0.469. The maximum atomic E-state index is 9.80. The quantitative estimate of drug-likeness (QED) is 0.764. The van der Waals surface area contributed by atoms with E-state index in [-0.39, 0.29) is 5.75 Å². The molecule has 0 radical (unpaired) electrons. The van der Waals surface area contributed by atoms with Crippen molar-refractivity contribution in [2.45, 2.75) is 12.8 Å². The Balaban J connectivity index is 2.13. The summed E-state index contributed by atoms with van der Waals surface area (Å²) in [6.07, 6.45) is 3.92. The van der Waals surface area contributed by atoms with Crippen LogP contribution < -0.4 is 5.32 Å². The molecule has 0 unspecified atom stereocenters. The summed E-state index contributed by atoms with van der Waals surface area (Å²) < 4.78 is 1.82. The third-order valence-corrected chi connectivity index (χ3v) is 2.88. The highest BCUT2D eigenvalue weighted by molar-refractivity contribution is 5.54. The second-order valence-corrected chi connectivity index (χ2v) is 3.94. The summed E-state index contributed by atoms with van der Waals surface area (Å²) in [6, 6.07) is 7.27. The van der Waals surface area contributed by atoms with Crippen LogP contribution in [0.1, 0.15) is 12.1 Å². The molecule has 1 aliphatic heterocycles. The number of rotatable bonds is 1. The van der Waals surface area contributed by atoms with Gasteiger partial charge < -0.3 is 10.4 Å². The Morgan fingerprint density at radius 3 is 3.06 bits per heavy atom. The van der Waals surface area contributed by atoms with Crippen molar-refractivity contribution in [3.8, 4) is 11.4 Å². The van der Waals surface area contributed by atoms with Gasteiger partial charge in [0.1, 0.15) is 11.4 Å². The Hall–Kier alpha value is -1.97. The molecule has 0 amide bonds. The van der Waals surface area contributed by atoms with Gasteiger partial charge in [-0.2, -0.15) is 5.10 Å². The second-order valence-electron chi connectivity index (χ2n) is 3.94. The molecule has 0 aliphatic carbocycles. The Morgan fingerprint density at radius 1 is 1.31 bits per heavy atom. The van der Waals surface area contributed by atoms with Gasteiger partial charge in [-0.25, -0.2) is 4.68 Å². The molecule has 0 atom stereocenters. The molecule has 16 heavy (non-hydrogen) atoms. The van der Waals surface area contributed by atoms with Gasteiger partial charge in [0.15, 0.2) is 0 Å². The maximum Gasteiger partial charge on any atom is 0.141 e. The number of nitrogens with one attached hydrogen (secondary N) is 1. The molecule has 3 rings (SSSR count). The maximum absolute atomic E-state index is 9.80. The molecule has 2 heterocycles. The largest absolute Gasteiger partial charge is 0.506 e. The summed E-state index contributed by atoms with van der Waals surface area (Å²) in [4.78, 5) is 0. The van der Waals surface area contributed by atoms with Crippen LogP contribution in [0.3, 0.4) is 0 Å². The Labute approximate surface area is 93.5 Å². The van der Waals surface area contributed by atoms with Gasteiger partial charge in [-0.15, -0.1) is 0 Å². The number of anilines is 1. The zero-order chi connectivity index (χ0) is 11.0. The van der Waals surface area contributed by atoms with Crippen LogP contribution in [0.15, 0.2) is 30.5 Å². The Kier molecular flexibility index (Phi) is 2.06. The van der Waals surface area contributed by atoms with Crippen molar-refractivity contribution < 1.29 is 5.11 Å². The van der Waals surface area contributed by atoms with Crippen molar-refractivity contribution in [1.29, 1.82) is 0 Å². The number of phenols is 1. The molecular weight excluding hydrogens is 202 g/mol. The Morgan fingerprint density at radius 2 is 2.19 bits per heavy atom. The molecule has 1 aromatic heterocycles. The number of aromatic nitrogens is 2. The summed E-state index contributed by atoms with van der Waals surface area (Å²) in [5, 5.41) is 17.4. The van der Waals surface area contributed by atoms with Crippen molar-refractivity contribution >= 4 is 5.69 Å². The molecule has 2 N–H and O–H groups in total. The number of hydrogen-bond donors (Lipinski definition) is 2. The first-order chi connectivity index (χ1) is 7.86. The smallest absolute Gasteiger partial charge is 0.141 e. The fourth-order valence-electron chi connectivity index (χ4n) is 2.09.